The summed E-state index contributed by atoms with van der Waals surface area (Å²) in [5.74, 6) is 2.11. The maximum atomic E-state index is 12.7. The standard InChI is InChI=1S/C23H22N4O4/c1-3-27-17-9-8-15(29-2)10-14(17)11-18(27)16-12-22(26-25-16)24-23(28)21-13-30-19-6-4-5-7-20(19)31-21/h4-12,21H,3,13H2,1-2H3,(H2,24,25,26,28)/t21-/m1/s1. The van der Waals surface area contributed by atoms with Crippen molar-refractivity contribution in [1.82, 2.24) is 14.8 Å². The Kier molecular flexibility index (Phi) is 4.74. The minimum Gasteiger partial charge on any atom is -0.497 e. The highest BCUT2D eigenvalue weighted by atomic mass is 16.6. The number of anilines is 1. The monoisotopic (exact) mass is 418 g/mol. The highest BCUT2D eigenvalue weighted by Crippen LogP contribution is 2.32. The lowest BCUT2D eigenvalue weighted by Crippen LogP contribution is -2.40. The van der Waals surface area contributed by atoms with E-state index in [0.717, 1.165) is 34.6 Å². The molecule has 0 spiro atoms. The maximum Gasteiger partial charge on any atom is 0.270 e. The average molecular weight is 418 g/mol. The zero-order valence-corrected chi connectivity index (χ0v) is 17.2. The Morgan fingerprint density at radius 3 is 2.87 bits per heavy atom. The van der Waals surface area contributed by atoms with Gasteiger partial charge in [-0.1, -0.05) is 12.1 Å². The fraction of sp³-hybridized carbons (Fsp3) is 0.217. The minimum atomic E-state index is -0.746. The largest absolute Gasteiger partial charge is 0.497 e. The van der Waals surface area contributed by atoms with Crippen LogP contribution in [0, 0.1) is 0 Å². The van der Waals surface area contributed by atoms with E-state index in [4.69, 9.17) is 14.2 Å². The molecule has 1 amide bonds. The molecule has 0 aliphatic carbocycles. The summed E-state index contributed by atoms with van der Waals surface area (Å²) in [7, 11) is 1.66. The number of aromatic amines is 1. The molecule has 1 atom stereocenters. The van der Waals surface area contributed by atoms with Gasteiger partial charge in [-0.3, -0.25) is 9.89 Å². The number of ether oxygens (including phenoxy) is 3. The molecular weight excluding hydrogens is 396 g/mol. The molecule has 0 fully saturated rings. The average Bonchev–Trinajstić information content (AvgIpc) is 3.42. The SMILES string of the molecule is CCn1c(-c2cc(NC(=O)[C@H]3COc4ccccc4O3)n[nH]2)cc2cc(OC)ccc21. The van der Waals surface area contributed by atoms with E-state index in [2.05, 4.69) is 33.1 Å². The third-order valence-electron chi connectivity index (χ3n) is 5.33. The molecule has 5 rings (SSSR count). The molecule has 31 heavy (non-hydrogen) atoms. The first-order valence-electron chi connectivity index (χ1n) is 10.1. The summed E-state index contributed by atoms with van der Waals surface area (Å²) in [6.45, 7) is 3.02. The van der Waals surface area contributed by atoms with Gasteiger partial charge in [-0.25, -0.2) is 0 Å². The van der Waals surface area contributed by atoms with Crippen LogP contribution < -0.4 is 19.5 Å². The molecule has 2 N–H and O–H groups in total. The number of hydrogen-bond acceptors (Lipinski definition) is 5. The number of methoxy groups -OCH3 is 1. The zero-order valence-electron chi connectivity index (χ0n) is 17.2. The zero-order chi connectivity index (χ0) is 21.4. The fourth-order valence-electron chi connectivity index (χ4n) is 3.81. The van der Waals surface area contributed by atoms with Crippen LogP contribution in [0.1, 0.15) is 6.92 Å². The normalized spacial score (nSPS) is 15.1. The van der Waals surface area contributed by atoms with E-state index in [0.29, 0.717) is 17.3 Å². The lowest BCUT2D eigenvalue weighted by molar-refractivity contribution is -0.125. The van der Waals surface area contributed by atoms with Crippen LogP contribution in [-0.2, 0) is 11.3 Å². The molecule has 0 radical (unpaired) electrons. The molecule has 0 saturated carbocycles. The number of aromatic nitrogens is 3. The van der Waals surface area contributed by atoms with Crippen molar-refractivity contribution in [2.24, 2.45) is 0 Å². The van der Waals surface area contributed by atoms with Crippen molar-refractivity contribution in [3.63, 3.8) is 0 Å². The second-order valence-corrected chi connectivity index (χ2v) is 7.22. The lowest BCUT2D eigenvalue weighted by Gasteiger charge is -2.25. The van der Waals surface area contributed by atoms with Gasteiger partial charge in [-0.05, 0) is 43.3 Å². The molecule has 1 aliphatic heterocycles. The first kappa shape index (κ1) is 19.0. The number of aryl methyl sites for hydroxylation is 1. The van der Waals surface area contributed by atoms with Crippen molar-refractivity contribution in [3.8, 4) is 28.6 Å². The highest BCUT2D eigenvalue weighted by molar-refractivity contribution is 5.94. The number of hydrogen-bond donors (Lipinski definition) is 2. The van der Waals surface area contributed by atoms with Gasteiger partial charge in [0, 0.05) is 23.5 Å². The van der Waals surface area contributed by atoms with Gasteiger partial charge in [-0.2, -0.15) is 5.10 Å². The Balaban J connectivity index is 1.36. The first-order chi connectivity index (χ1) is 15.2. The Labute approximate surface area is 178 Å². The van der Waals surface area contributed by atoms with Crippen LogP contribution in [0.15, 0.2) is 54.6 Å². The molecule has 2 aromatic heterocycles. The van der Waals surface area contributed by atoms with E-state index in [1.807, 2.05) is 42.5 Å². The fourth-order valence-corrected chi connectivity index (χ4v) is 3.81. The number of nitrogens with one attached hydrogen (secondary N) is 2. The molecule has 4 aromatic rings. The summed E-state index contributed by atoms with van der Waals surface area (Å²) in [5, 5.41) is 11.2. The predicted molar refractivity (Wildman–Crippen MR) is 117 cm³/mol. The number of benzene rings is 2. The van der Waals surface area contributed by atoms with E-state index in [-0.39, 0.29) is 12.5 Å². The molecular formula is C23H22N4O4. The van der Waals surface area contributed by atoms with Gasteiger partial charge >= 0.3 is 0 Å². The van der Waals surface area contributed by atoms with Gasteiger partial charge in [0.2, 0.25) is 6.10 Å². The number of nitrogens with zero attached hydrogens (tertiary/aromatic N) is 2. The molecule has 158 valence electrons. The summed E-state index contributed by atoms with van der Waals surface area (Å²) >= 11 is 0. The van der Waals surface area contributed by atoms with Gasteiger partial charge in [-0.15, -0.1) is 0 Å². The number of H-pyrrole nitrogens is 1. The van der Waals surface area contributed by atoms with Crippen molar-refractivity contribution < 1.29 is 19.0 Å². The van der Waals surface area contributed by atoms with Crippen molar-refractivity contribution in [2.45, 2.75) is 19.6 Å². The number of para-hydroxylation sites is 2. The molecule has 0 bridgehead atoms. The van der Waals surface area contributed by atoms with Crippen LogP contribution in [0.25, 0.3) is 22.3 Å². The third kappa shape index (κ3) is 3.46. The van der Waals surface area contributed by atoms with Crippen LogP contribution in [0.4, 0.5) is 5.82 Å². The van der Waals surface area contributed by atoms with Crippen LogP contribution in [0.3, 0.4) is 0 Å². The quantitative estimate of drug-likeness (QED) is 0.514. The van der Waals surface area contributed by atoms with Crippen molar-refractivity contribution in [3.05, 3.63) is 54.6 Å². The number of fused-ring (bicyclic) bond motifs is 2. The smallest absolute Gasteiger partial charge is 0.270 e. The molecule has 8 heteroatoms. The summed E-state index contributed by atoms with van der Waals surface area (Å²) in [6, 6.07) is 17.2. The maximum absolute atomic E-state index is 12.7. The Bertz CT molecular complexity index is 1260. The van der Waals surface area contributed by atoms with Gasteiger partial charge < -0.3 is 24.1 Å². The Hall–Kier alpha value is -3.94. The van der Waals surface area contributed by atoms with E-state index in [1.165, 1.54) is 0 Å². The van der Waals surface area contributed by atoms with E-state index in [1.54, 1.807) is 13.2 Å². The molecule has 1 aliphatic rings. The predicted octanol–water partition coefficient (Wildman–Crippen LogP) is 3.84. The molecule has 0 unspecified atom stereocenters. The summed E-state index contributed by atoms with van der Waals surface area (Å²) in [4.78, 5) is 12.7. The van der Waals surface area contributed by atoms with Crippen molar-refractivity contribution in [2.75, 3.05) is 19.0 Å². The van der Waals surface area contributed by atoms with Gasteiger partial charge in [0.15, 0.2) is 17.3 Å². The van der Waals surface area contributed by atoms with E-state index >= 15 is 0 Å². The summed E-state index contributed by atoms with van der Waals surface area (Å²) in [6.07, 6.45) is -0.746. The number of rotatable bonds is 5. The lowest BCUT2D eigenvalue weighted by atomic mass is 10.2. The second kappa shape index (κ2) is 7.71. The molecule has 3 heterocycles. The third-order valence-corrected chi connectivity index (χ3v) is 5.33. The minimum absolute atomic E-state index is 0.145. The van der Waals surface area contributed by atoms with E-state index < -0.39 is 6.10 Å². The molecule has 0 saturated heterocycles. The topological polar surface area (TPSA) is 90.4 Å². The first-order valence-corrected chi connectivity index (χ1v) is 10.1. The Morgan fingerprint density at radius 2 is 2.06 bits per heavy atom. The highest BCUT2D eigenvalue weighted by Gasteiger charge is 2.28. The number of carbonyl (C=O) groups excluding carboxylic acids is 1. The van der Waals surface area contributed by atoms with Crippen LogP contribution >= 0.6 is 0 Å². The van der Waals surface area contributed by atoms with E-state index in [9.17, 15) is 4.79 Å². The van der Waals surface area contributed by atoms with Crippen LogP contribution in [-0.4, -0.2) is 40.5 Å². The summed E-state index contributed by atoms with van der Waals surface area (Å²) in [5.41, 5.74) is 2.88. The molecule has 2 aromatic carbocycles. The second-order valence-electron chi connectivity index (χ2n) is 7.22. The molecule has 8 nitrogen and oxygen atoms in total. The van der Waals surface area contributed by atoms with Crippen molar-refractivity contribution in [1.29, 1.82) is 0 Å². The summed E-state index contributed by atoms with van der Waals surface area (Å²) < 4.78 is 18.9. The van der Waals surface area contributed by atoms with Crippen LogP contribution in [0.5, 0.6) is 17.2 Å². The van der Waals surface area contributed by atoms with Gasteiger partial charge in [0.1, 0.15) is 12.4 Å². The van der Waals surface area contributed by atoms with Crippen LogP contribution in [0.2, 0.25) is 0 Å². The Morgan fingerprint density at radius 1 is 1.23 bits per heavy atom. The number of amides is 1. The number of carbonyl (C=O) groups is 1. The van der Waals surface area contributed by atoms with Crippen molar-refractivity contribution >= 4 is 22.6 Å². The van der Waals surface area contributed by atoms with Gasteiger partial charge in [0.05, 0.1) is 18.5 Å². The van der Waals surface area contributed by atoms with Gasteiger partial charge in [0.25, 0.3) is 5.91 Å².